The number of para-hydroxylation sites is 2. The van der Waals surface area contributed by atoms with Crippen LogP contribution in [0.5, 0.6) is 0 Å². The highest BCUT2D eigenvalue weighted by atomic mass is 15.2. The van der Waals surface area contributed by atoms with Gasteiger partial charge in [-0.3, -0.25) is 0 Å². The van der Waals surface area contributed by atoms with Crippen molar-refractivity contribution in [3.8, 4) is 22.3 Å². The normalized spacial score (nSPS) is 14.3. The van der Waals surface area contributed by atoms with Crippen molar-refractivity contribution < 1.29 is 0 Å². The van der Waals surface area contributed by atoms with Gasteiger partial charge in [-0.2, -0.15) is 0 Å². The molecule has 4 aliphatic rings. The third-order valence-electron chi connectivity index (χ3n) is 18.3. The molecule has 0 unspecified atom stereocenters. The maximum atomic E-state index is 2.73. The highest BCUT2D eigenvalue weighted by Crippen LogP contribution is 2.53. The summed E-state index contributed by atoms with van der Waals surface area (Å²) >= 11 is 0. The molecule has 4 heterocycles. The van der Waals surface area contributed by atoms with Crippen molar-refractivity contribution in [1.82, 2.24) is 0 Å². The molecule has 0 bridgehead atoms. The topological polar surface area (TPSA) is 6.48 Å². The van der Waals surface area contributed by atoms with Crippen LogP contribution in [0.25, 0.3) is 54.6 Å². The average molecular weight is 985 g/mol. The Morgan fingerprint density at radius 1 is 0.329 bits per heavy atom. The van der Waals surface area contributed by atoms with Crippen LogP contribution in [-0.4, -0.2) is 13.4 Å². The van der Waals surface area contributed by atoms with Crippen LogP contribution < -0.4 is 42.6 Å². The van der Waals surface area contributed by atoms with Crippen molar-refractivity contribution in [2.45, 2.75) is 131 Å². The van der Waals surface area contributed by atoms with E-state index in [4.69, 9.17) is 0 Å². The molecule has 76 heavy (non-hydrogen) atoms. The summed E-state index contributed by atoms with van der Waals surface area (Å²) in [6.07, 6.45) is 0. The number of benzene rings is 10. The Bertz CT molecular complexity index is 3820. The molecular weight excluding hydrogens is 914 g/mol. The predicted molar refractivity (Wildman–Crippen MR) is 333 cm³/mol. The third kappa shape index (κ3) is 6.55. The van der Waals surface area contributed by atoms with E-state index in [1.54, 1.807) is 0 Å². The van der Waals surface area contributed by atoms with Crippen molar-refractivity contribution >= 4 is 113 Å². The van der Waals surface area contributed by atoms with Gasteiger partial charge < -0.3 is 9.80 Å². The summed E-state index contributed by atoms with van der Waals surface area (Å²) in [5, 5.41) is 8.61. The van der Waals surface area contributed by atoms with E-state index in [9.17, 15) is 0 Å². The van der Waals surface area contributed by atoms with Crippen LogP contribution in [0.2, 0.25) is 0 Å². The molecule has 0 fully saturated rings. The van der Waals surface area contributed by atoms with E-state index >= 15 is 0 Å². The summed E-state index contributed by atoms with van der Waals surface area (Å²) in [6, 6.07) is 58.4. The second-order valence-corrected chi connectivity index (χ2v) is 26.4. The zero-order valence-corrected chi connectivity index (χ0v) is 47.2. The Balaban J connectivity index is 1.19. The lowest BCUT2D eigenvalue weighted by atomic mass is 9.31. The number of fused-ring (bicyclic) bond motifs is 8. The number of hydrogen-bond donors (Lipinski definition) is 0. The van der Waals surface area contributed by atoms with Crippen LogP contribution in [-0.2, 0) is 10.8 Å². The van der Waals surface area contributed by atoms with Gasteiger partial charge in [-0.1, -0.05) is 193 Å². The van der Waals surface area contributed by atoms with Crippen molar-refractivity contribution in [2.24, 2.45) is 0 Å². The van der Waals surface area contributed by atoms with Gasteiger partial charge in [0, 0.05) is 34.1 Å². The first-order valence-electron chi connectivity index (χ1n) is 28.5. The summed E-state index contributed by atoms with van der Waals surface area (Å²) in [5.41, 5.74) is 29.8. The molecule has 10 aromatic carbocycles. The molecule has 0 amide bonds. The van der Waals surface area contributed by atoms with Crippen LogP contribution in [0.15, 0.2) is 146 Å². The molecule has 2 nitrogen and oxygen atoms in total. The Labute approximate surface area is 452 Å². The summed E-state index contributed by atoms with van der Waals surface area (Å²) in [4.78, 5) is 5.23. The lowest BCUT2D eigenvalue weighted by Crippen LogP contribution is -2.60. The SMILES string of the molecule is CC(C)c1ccc2c(c1)N(c1ccccc1)c1cc(C(C)C)cc3c1B2c1cc2c(C(C)(C)C)cc4c5c(cc6c(C(C)(C)C)cc-3c1c6c25)B1c2ccc(C(C)C)cc2N(c2ccccc2)c2cc(C(C)C)cc-4c21. The van der Waals surface area contributed by atoms with E-state index < -0.39 is 0 Å². The third-order valence-corrected chi connectivity index (χ3v) is 18.3. The molecule has 0 saturated carbocycles. The Morgan fingerprint density at radius 3 is 1.03 bits per heavy atom. The van der Waals surface area contributed by atoms with E-state index in [1.807, 2.05) is 0 Å². The lowest BCUT2D eigenvalue weighted by Gasteiger charge is -2.43. The predicted octanol–water partition coefficient (Wildman–Crippen LogP) is 16.2. The Kier molecular flexibility index (Phi) is 10.1. The molecule has 0 aromatic heterocycles. The molecule has 4 heteroatoms. The number of hydrogen-bond acceptors (Lipinski definition) is 2. The minimum Gasteiger partial charge on any atom is -0.311 e. The second-order valence-electron chi connectivity index (χ2n) is 26.4. The molecule has 0 spiro atoms. The van der Waals surface area contributed by atoms with E-state index in [0.717, 1.165) is 0 Å². The second kappa shape index (κ2) is 16.2. The standard InChI is InChI=1S/C72H70B2N2/c1-39(2)43-25-27-57-61(31-43)75(47-21-17-15-18-22-47)63-33-45(41(5)6)29-51-49-35-56(72(12,13)14)54-38-60-66-50(36-55(71(9,10)11)53-37-59(73(57)69(51)63)65(49)67(54)68(53)66)52-30-46(42(7)8)34-64-70(52)74(60)58-28-26-44(40(3)4)32-62(58)76(64)48-23-19-16-20-24-48/h15-42H,1-14H3. The summed E-state index contributed by atoms with van der Waals surface area (Å²) in [7, 11) is 0. The zero-order valence-electron chi connectivity index (χ0n) is 47.2. The van der Waals surface area contributed by atoms with Crippen molar-refractivity contribution in [3.63, 3.8) is 0 Å². The van der Waals surface area contributed by atoms with Gasteiger partial charge in [0.2, 0.25) is 13.4 Å². The Morgan fingerprint density at radius 2 is 0.684 bits per heavy atom. The highest BCUT2D eigenvalue weighted by Gasteiger charge is 2.47. The monoisotopic (exact) mass is 985 g/mol. The average Bonchev–Trinajstić information content (AvgIpc) is 2.89. The van der Waals surface area contributed by atoms with Crippen LogP contribution in [0.3, 0.4) is 0 Å². The van der Waals surface area contributed by atoms with Gasteiger partial charge in [-0.25, -0.2) is 0 Å². The van der Waals surface area contributed by atoms with Gasteiger partial charge >= 0.3 is 0 Å². The van der Waals surface area contributed by atoms with Crippen LogP contribution in [0, 0.1) is 0 Å². The smallest absolute Gasteiger partial charge is 0.248 e. The maximum absolute atomic E-state index is 2.73. The number of rotatable bonds is 6. The van der Waals surface area contributed by atoms with E-state index in [-0.39, 0.29) is 24.3 Å². The van der Waals surface area contributed by atoms with Crippen LogP contribution in [0.1, 0.15) is 154 Å². The molecule has 14 rings (SSSR count). The fourth-order valence-electron chi connectivity index (χ4n) is 14.4. The first-order valence-corrected chi connectivity index (χ1v) is 28.5. The van der Waals surface area contributed by atoms with Crippen molar-refractivity contribution in [3.05, 3.63) is 179 Å². The minimum atomic E-state index is -0.158. The minimum absolute atomic E-state index is 0.0445. The first-order chi connectivity index (χ1) is 36.3. The molecule has 0 atom stereocenters. The van der Waals surface area contributed by atoms with Gasteiger partial charge in [0.1, 0.15) is 0 Å². The molecule has 4 aliphatic heterocycles. The highest BCUT2D eigenvalue weighted by molar-refractivity contribution is 7.02. The van der Waals surface area contributed by atoms with Gasteiger partial charge in [0.05, 0.1) is 0 Å². The van der Waals surface area contributed by atoms with Crippen LogP contribution >= 0.6 is 0 Å². The first kappa shape index (κ1) is 47.4. The fourth-order valence-corrected chi connectivity index (χ4v) is 14.4. The van der Waals surface area contributed by atoms with E-state index in [0.29, 0.717) is 23.7 Å². The van der Waals surface area contributed by atoms with E-state index in [1.165, 1.54) is 155 Å². The lowest BCUT2D eigenvalue weighted by molar-refractivity contribution is 0.595. The maximum Gasteiger partial charge on any atom is 0.248 e. The fraction of sp³-hybridized carbons (Fsp3) is 0.278. The molecule has 374 valence electrons. The molecule has 0 N–H and O–H groups in total. The van der Waals surface area contributed by atoms with Crippen molar-refractivity contribution in [1.29, 1.82) is 0 Å². The largest absolute Gasteiger partial charge is 0.311 e. The molecule has 0 aliphatic carbocycles. The summed E-state index contributed by atoms with van der Waals surface area (Å²) in [5.74, 6) is 1.48. The molecule has 10 aromatic rings. The van der Waals surface area contributed by atoms with Crippen LogP contribution in [0.4, 0.5) is 34.1 Å². The van der Waals surface area contributed by atoms with Crippen molar-refractivity contribution in [2.75, 3.05) is 9.80 Å². The quantitative estimate of drug-likeness (QED) is 0.121. The number of nitrogens with zero attached hydrogens (tertiary/aromatic N) is 2. The van der Waals surface area contributed by atoms with Gasteiger partial charge in [0.25, 0.3) is 0 Å². The molecule has 0 radical (unpaired) electrons. The summed E-state index contributed by atoms with van der Waals surface area (Å²) < 4.78 is 0. The Hall–Kier alpha value is -7.03. The summed E-state index contributed by atoms with van der Waals surface area (Å²) in [6.45, 7) is 33.7. The molecular formula is C72H70B2N2. The van der Waals surface area contributed by atoms with Gasteiger partial charge in [-0.05, 0) is 205 Å². The van der Waals surface area contributed by atoms with Gasteiger partial charge in [0.15, 0.2) is 0 Å². The number of anilines is 6. The van der Waals surface area contributed by atoms with Gasteiger partial charge in [-0.15, -0.1) is 0 Å². The zero-order chi connectivity index (χ0) is 52.8. The van der Waals surface area contributed by atoms with E-state index in [2.05, 4.69) is 252 Å². The molecule has 0 saturated heterocycles.